The number of ether oxygens (including phenoxy) is 1. The molecule has 0 saturated carbocycles. The topological polar surface area (TPSA) is 64.4 Å². The van der Waals surface area contributed by atoms with Crippen LogP contribution >= 0.6 is 0 Å². The van der Waals surface area contributed by atoms with E-state index in [1.54, 1.807) is 13.3 Å². The van der Waals surface area contributed by atoms with Crippen LogP contribution in [0.15, 0.2) is 65.3 Å². The molecule has 0 spiro atoms. The lowest BCUT2D eigenvalue weighted by Gasteiger charge is -2.05. The molecule has 1 heterocycles. The van der Waals surface area contributed by atoms with Crippen LogP contribution in [0.1, 0.15) is 12.0 Å². The van der Waals surface area contributed by atoms with E-state index in [1.165, 1.54) is 0 Å². The molecule has 0 aliphatic rings. The van der Waals surface area contributed by atoms with Crippen molar-refractivity contribution >= 4 is 11.8 Å². The van der Waals surface area contributed by atoms with Gasteiger partial charge in [-0.25, -0.2) is 0 Å². The van der Waals surface area contributed by atoms with E-state index in [1.807, 2.05) is 54.6 Å². The summed E-state index contributed by atoms with van der Waals surface area (Å²) in [7, 11) is 1.62. The average Bonchev–Trinajstić information content (AvgIpc) is 3.09. The van der Waals surface area contributed by atoms with E-state index in [0.717, 1.165) is 22.4 Å². The highest BCUT2D eigenvalue weighted by molar-refractivity contribution is 5.93. The third-order valence-electron chi connectivity index (χ3n) is 3.71. The summed E-state index contributed by atoms with van der Waals surface area (Å²) in [6.45, 7) is 0. The zero-order valence-corrected chi connectivity index (χ0v) is 13.4. The quantitative estimate of drug-likeness (QED) is 0.747. The minimum absolute atomic E-state index is 0.106. The molecule has 1 amide bonds. The minimum Gasteiger partial charge on any atom is -0.497 e. The number of hydrogen-bond acceptors (Lipinski definition) is 4. The Morgan fingerprint density at radius 3 is 2.58 bits per heavy atom. The fourth-order valence-electron chi connectivity index (χ4n) is 2.40. The molecule has 24 heavy (non-hydrogen) atoms. The van der Waals surface area contributed by atoms with Crippen molar-refractivity contribution in [3.63, 3.8) is 0 Å². The van der Waals surface area contributed by atoms with Gasteiger partial charge < -0.3 is 9.26 Å². The number of benzene rings is 2. The molecule has 5 nitrogen and oxygen atoms in total. The van der Waals surface area contributed by atoms with Crippen molar-refractivity contribution in [2.75, 3.05) is 12.4 Å². The van der Waals surface area contributed by atoms with Gasteiger partial charge in [0.2, 0.25) is 11.8 Å². The van der Waals surface area contributed by atoms with Gasteiger partial charge in [-0.2, -0.15) is 0 Å². The van der Waals surface area contributed by atoms with Gasteiger partial charge in [0.1, 0.15) is 5.75 Å². The molecule has 2 aromatic carbocycles. The van der Waals surface area contributed by atoms with Gasteiger partial charge in [0.05, 0.1) is 18.9 Å². The molecule has 1 aromatic heterocycles. The van der Waals surface area contributed by atoms with E-state index in [4.69, 9.17) is 9.26 Å². The Kier molecular flexibility index (Phi) is 4.91. The summed E-state index contributed by atoms with van der Waals surface area (Å²) < 4.78 is 10.3. The Morgan fingerprint density at radius 1 is 1.12 bits per heavy atom. The minimum atomic E-state index is -0.106. The monoisotopic (exact) mass is 322 g/mol. The maximum absolute atomic E-state index is 12.1. The predicted octanol–water partition coefficient (Wildman–Crippen LogP) is 3.92. The number of amides is 1. The summed E-state index contributed by atoms with van der Waals surface area (Å²) in [6.07, 6.45) is 2.65. The highest BCUT2D eigenvalue weighted by Crippen LogP contribution is 2.29. The number of carbonyl (C=O) groups is 1. The van der Waals surface area contributed by atoms with Gasteiger partial charge in [-0.15, -0.1) is 0 Å². The molecule has 0 aliphatic heterocycles. The van der Waals surface area contributed by atoms with Crippen molar-refractivity contribution in [2.45, 2.75) is 12.8 Å². The molecule has 0 bridgehead atoms. The first-order valence-electron chi connectivity index (χ1n) is 7.69. The number of methoxy groups -OCH3 is 1. The Labute approximate surface area is 140 Å². The number of carbonyl (C=O) groups excluding carboxylic acids is 1. The van der Waals surface area contributed by atoms with Gasteiger partial charge in [-0.1, -0.05) is 47.6 Å². The third-order valence-corrected chi connectivity index (χ3v) is 3.71. The number of rotatable bonds is 6. The summed E-state index contributed by atoms with van der Waals surface area (Å²) >= 11 is 0. The van der Waals surface area contributed by atoms with E-state index in [0.29, 0.717) is 18.7 Å². The number of aromatic nitrogens is 1. The lowest BCUT2D eigenvalue weighted by Crippen LogP contribution is -2.12. The summed E-state index contributed by atoms with van der Waals surface area (Å²) in [4.78, 5) is 12.1. The number of anilines is 1. The molecule has 0 aliphatic carbocycles. The second kappa shape index (κ2) is 7.46. The van der Waals surface area contributed by atoms with Crippen LogP contribution in [0.5, 0.6) is 5.75 Å². The zero-order chi connectivity index (χ0) is 16.8. The second-order valence-corrected chi connectivity index (χ2v) is 5.33. The smallest absolute Gasteiger partial charge is 0.239 e. The molecule has 3 rings (SSSR count). The lowest BCUT2D eigenvalue weighted by molar-refractivity contribution is -0.116. The Balaban J connectivity index is 1.65. The molecular weight excluding hydrogens is 304 g/mol. The SMILES string of the molecule is COc1ccc(-c2cnoc2NC(=O)CCc2ccccc2)cc1. The van der Waals surface area contributed by atoms with Gasteiger partial charge in [-0.05, 0) is 29.7 Å². The lowest BCUT2D eigenvalue weighted by atomic mass is 10.1. The summed E-state index contributed by atoms with van der Waals surface area (Å²) in [6, 6.07) is 17.4. The largest absolute Gasteiger partial charge is 0.497 e. The molecule has 122 valence electrons. The van der Waals surface area contributed by atoms with Crippen molar-refractivity contribution < 1.29 is 14.1 Å². The van der Waals surface area contributed by atoms with Crippen LogP contribution in [0, 0.1) is 0 Å². The van der Waals surface area contributed by atoms with Crippen molar-refractivity contribution in [2.24, 2.45) is 0 Å². The van der Waals surface area contributed by atoms with Gasteiger partial charge in [0.15, 0.2) is 0 Å². The molecule has 1 N–H and O–H groups in total. The number of nitrogens with zero attached hydrogens (tertiary/aromatic N) is 1. The molecular formula is C19H18N2O3. The van der Waals surface area contributed by atoms with E-state index < -0.39 is 0 Å². The zero-order valence-electron chi connectivity index (χ0n) is 13.4. The van der Waals surface area contributed by atoms with Crippen LogP contribution in [0.4, 0.5) is 5.88 Å². The molecule has 5 heteroatoms. The van der Waals surface area contributed by atoms with Crippen LogP contribution in [0.2, 0.25) is 0 Å². The van der Waals surface area contributed by atoms with Crippen molar-refractivity contribution in [1.29, 1.82) is 0 Å². The fraction of sp³-hybridized carbons (Fsp3) is 0.158. The normalized spacial score (nSPS) is 10.4. The molecule has 0 saturated heterocycles. The van der Waals surface area contributed by atoms with Gasteiger partial charge in [0, 0.05) is 6.42 Å². The van der Waals surface area contributed by atoms with Gasteiger partial charge in [0.25, 0.3) is 0 Å². The first-order valence-corrected chi connectivity index (χ1v) is 7.69. The molecule has 0 atom stereocenters. The second-order valence-electron chi connectivity index (χ2n) is 5.33. The van der Waals surface area contributed by atoms with E-state index in [9.17, 15) is 4.79 Å². The first-order chi connectivity index (χ1) is 11.8. The fourth-order valence-corrected chi connectivity index (χ4v) is 2.40. The molecule has 0 unspecified atom stereocenters. The van der Waals surface area contributed by atoms with Crippen LogP contribution in [-0.4, -0.2) is 18.2 Å². The third kappa shape index (κ3) is 3.81. The summed E-state index contributed by atoms with van der Waals surface area (Å²) in [5.41, 5.74) is 2.77. The number of aryl methyl sites for hydroxylation is 1. The Bertz CT molecular complexity index is 795. The Morgan fingerprint density at radius 2 is 1.88 bits per heavy atom. The standard InChI is InChI=1S/C19H18N2O3/c1-23-16-10-8-15(9-11-16)17-13-20-24-19(17)21-18(22)12-7-14-5-3-2-4-6-14/h2-6,8-11,13H,7,12H2,1H3,(H,21,22). The molecule has 0 fully saturated rings. The van der Waals surface area contributed by atoms with Gasteiger partial charge in [-0.3, -0.25) is 10.1 Å². The van der Waals surface area contributed by atoms with Crippen molar-refractivity contribution in [1.82, 2.24) is 5.16 Å². The van der Waals surface area contributed by atoms with Crippen LogP contribution in [0.25, 0.3) is 11.1 Å². The molecule has 3 aromatic rings. The number of hydrogen-bond donors (Lipinski definition) is 1. The first kappa shape index (κ1) is 15.8. The summed E-state index contributed by atoms with van der Waals surface area (Å²) in [5.74, 6) is 1.02. The van der Waals surface area contributed by atoms with E-state index in [2.05, 4.69) is 10.5 Å². The Hall–Kier alpha value is -3.08. The van der Waals surface area contributed by atoms with Crippen molar-refractivity contribution in [3.8, 4) is 16.9 Å². The maximum atomic E-state index is 12.1. The van der Waals surface area contributed by atoms with E-state index >= 15 is 0 Å². The van der Waals surface area contributed by atoms with Crippen LogP contribution < -0.4 is 10.1 Å². The molecule has 0 radical (unpaired) electrons. The maximum Gasteiger partial charge on any atom is 0.239 e. The summed E-state index contributed by atoms with van der Waals surface area (Å²) in [5, 5.41) is 6.58. The van der Waals surface area contributed by atoms with Gasteiger partial charge >= 0.3 is 0 Å². The van der Waals surface area contributed by atoms with Crippen LogP contribution in [-0.2, 0) is 11.2 Å². The highest BCUT2D eigenvalue weighted by Gasteiger charge is 2.13. The van der Waals surface area contributed by atoms with E-state index in [-0.39, 0.29) is 5.91 Å². The average molecular weight is 322 g/mol. The highest BCUT2D eigenvalue weighted by atomic mass is 16.5. The van der Waals surface area contributed by atoms with Crippen LogP contribution in [0.3, 0.4) is 0 Å². The predicted molar refractivity (Wildman–Crippen MR) is 91.9 cm³/mol. The number of nitrogens with one attached hydrogen (secondary N) is 1. The van der Waals surface area contributed by atoms with Crippen molar-refractivity contribution in [3.05, 3.63) is 66.4 Å².